The van der Waals surface area contributed by atoms with Gasteiger partial charge < -0.3 is 9.73 Å². The zero-order valence-electron chi connectivity index (χ0n) is 10.8. The van der Waals surface area contributed by atoms with Crippen molar-refractivity contribution >= 4 is 15.9 Å². The lowest BCUT2D eigenvalue weighted by Crippen LogP contribution is -2.25. The van der Waals surface area contributed by atoms with Crippen molar-refractivity contribution in [1.29, 1.82) is 0 Å². The number of rotatable bonds is 5. The number of halogens is 2. The summed E-state index contributed by atoms with van der Waals surface area (Å²) in [6.07, 6.45) is 0.626. The van der Waals surface area contributed by atoms with Gasteiger partial charge in [-0.3, -0.25) is 0 Å². The molecule has 0 saturated carbocycles. The molecule has 1 N–H and O–H groups in total. The highest BCUT2D eigenvalue weighted by atomic mass is 79.9. The maximum atomic E-state index is 13.7. The van der Waals surface area contributed by atoms with Gasteiger partial charge in [0.15, 0.2) is 0 Å². The molecule has 6 heteroatoms. The van der Waals surface area contributed by atoms with Gasteiger partial charge in [-0.1, -0.05) is 29.8 Å². The van der Waals surface area contributed by atoms with E-state index >= 15 is 0 Å². The van der Waals surface area contributed by atoms with Crippen LogP contribution in [-0.4, -0.2) is 22.8 Å². The normalized spacial score (nSPS) is 11.2. The quantitative estimate of drug-likeness (QED) is 0.916. The minimum atomic E-state index is -0.376. The van der Waals surface area contributed by atoms with Crippen LogP contribution in [0.1, 0.15) is 19.7 Å². The van der Waals surface area contributed by atoms with E-state index in [1.54, 1.807) is 12.1 Å². The average molecular weight is 328 g/mol. The highest BCUT2D eigenvalue weighted by Crippen LogP contribution is 2.25. The highest BCUT2D eigenvalue weighted by Gasteiger charge is 2.13. The molecule has 1 aromatic heterocycles. The van der Waals surface area contributed by atoms with E-state index < -0.39 is 0 Å². The molecule has 0 amide bonds. The van der Waals surface area contributed by atoms with Gasteiger partial charge in [0.05, 0.1) is 5.56 Å². The molecule has 0 spiro atoms. The van der Waals surface area contributed by atoms with Crippen LogP contribution in [0.15, 0.2) is 27.1 Å². The number of nitrogens with one attached hydrogen (secondary N) is 1. The molecule has 1 aromatic carbocycles. The Morgan fingerprint density at radius 3 is 2.89 bits per heavy atom. The van der Waals surface area contributed by atoms with Crippen LogP contribution in [0.4, 0.5) is 4.39 Å². The molecule has 0 bridgehead atoms. The van der Waals surface area contributed by atoms with Gasteiger partial charge in [0.2, 0.25) is 5.89 Å². The Morgan fingerprint density at radius 2 is 2.16 bits per heavy atom. The molecule has 1 heterocycles. The molecular weight excluding hydrogens is 313 g/mol. The Balaban J connectivity index is 2.10. The van der Waals surface area contributed by atoms with Crippen LogP contribution in [0.3, 0.4) is 0 Å². The zero-order valence-corrected chi connectivity index (χ0v) is 12.4. The van der Waals surface area contributed by atoms with E-state index in [0.717, 1.165) is 11.0 Å². The molecule has 19 heavy (non-hydrogen) atoms. The number of aromatic nitrogens is 2. The van der Waals surface area contributed by atoms with Gasteiger partial charge in [0.1, 0.15) is 5.82 Å². The molecule has 102 valence electrons. The molecule has 0 aliphatic heterocycles. The smallest absolute Gasteiger partial charge is 0.250 e. The van der Waals surface area contributed by atoms with Crippen molar-refractivity contribution in [2.45, 2.75) is 26.3 Å². The maximum absolute atomic E-state index is 13.7. The van der Waals surface area contributed by atoms with Gasteiger partial charge in [-0.25, -0.2) is 4.39 Å². The van der Waals surface area contributed by atoms with Crippen molar-refractivity contribution in [3.8, 4) is 11.5 Å². The lowest BCUT2D eigenvalue weighted by atomic mass is 10.2. The molecule has 4 nitrogen and oxygen atoms in total. The van der Waals surface area contributed by atoms with Crippen molar-refractivity contribution in [1.82, 2.24) is 15.5 Å². The van der Waals surface area contributed by atoms with E-state index in [1.807, 2.05) is 0 Å². The second kappa shape index (κ2) is 6.25. The molecule has 0 fully saturated rings. The van der Waals surface area contributed by atoms with Crippen LogP contribution in [0.25, 0.3) is 11.5 Å². The molecule has 0 aliphatic rings. The molecule has 0 radical (unpaired) electrons. The molecule has 2 rings (SSSR count). The fourth-order valence-corrected chi connectivity index (χ4v) is 1.95. The number of hydrogen-bond donors (Lipinski definition) is 1. The van der Waals surface area contributed by atoms with Crippen LogP contribution in [0.2, 0.25) is 0 Å². The lowest BCUT2D eigenvalue weighted by molar-refractivity contribution is 0.481. The van der Waals surface area contributed by atoms with Crippen LogP contribution in [0.5, 0.6) is 0 Å². The number of hydrogen-bond acceptors (Lipinski definition) is 4. The van der Waals surface area contributed by atoms with Gasteiger partial charge in [-0.2, -0.15) is 0 Å². The predicted octanol–water partition coefficient (Wildman–Crippen LogP) is 3.18. The van der Waals surface area contributed by atoms with Crippen molar-refractivity contribution in [3.05, 3.63) is 34.4 Å². The van der Waals surface area contributed by atoms with Gasteiger partial charge >= 0.3 is 0 Å². The Bertz CT molecular complexity index is 557. The number of nitrogens with zero attached hydrogens (tertiary/aromatic N) is 2. The molecular formula is C13H15BrFN3O. The van der Waals surface area contributed by atoms with Crippen molar-refractivity contribution in [2.24, 2.45) is 0 Å². The fraction of sp³-hybridized carbons (Fsp3) is 0.385. The first-order valence-electron chi connectivity index (χ1n) is 6.07. The Kier molecular flexibility index (Phi) is 4.66. The summed E-state index contributed by atoms with van der Waals surface area (Å²) in [5, 5.41) is 11.1. The third kappa shape index (κ3) is 3.84. The van der Waals surface area contributed by atoms with Gasteiger partial charge in [-0.15, -0.1) is 10.2 Å². The van der Waals surface area contributed by atoms with Gasteiger partial charge in [-0.05, 0) is 18.2 Å². The van der Waals surface area contributed by atoms with Crippen LogP contribution in [0, 0.1) is 5.82 Å². The standard InChI is InChI=1S/C13H15BrFN3O/c1-8(2)16-6-5-12-17-18-13(19-12)10-7-9(14)3-4-11(10)15/h3-4,7-8,16H,5-6H2,1-2H3. The Hall–Kier alpha value is -1.27. The summed E-state index contributed by atoms with van der Waals surface area (Å²) in [6, 6.07) is 5.02. The molecule has 0 atom stereocenters. The minimum Gasteiger partial charge on any atom is -0.421 e. The lowest BCUT2D eigenvalue weighted by Gasteiger charge is -2.04. The first-order valence-corrected chi connectivity index (χ1v) is 6.86. The van der Waals surface area contributed by atoms with Gasteiger partial charge in [0, 0.05) is 23.5 Å². The first-order chi connectivity index (χ1) is 9.06. The van der Waals surface area contributed by atoms with E-state index in [-0.39, 0.29) is 11.7 Å². The second-order valence-corrected chi connectivity index (χ2v) is 5.40. The summed E-state index contributed by atoms with van der Waals surface area (Å²) in [5.74, 6) is 0.333. The average Bonchev–Trinajstić information content (AvgIpc) is 2.80. The first kappa shape index (κ1) is 14.1. The van der Waals surface area contributed by atoms with Crippen LogP contribution in [-0.2, 0) is 6.42 Å². The van der Waals surface area contributed by atoms with Crippen molar-refractivity contribution < 1.29 is 8.81 Å². The maximum Gasteiger partial charge on any atom is 0.250 e. The van der Waals surface area contributed by atoms with Crippen molar-refractivity contribution in [2.75, 3.05) is 6.54 Å². The van der Waals surface area contributed by atoms with E-state index in [4.69, 9.17) is 4.42 Å². The Morgan fingerprint density at radius 1 is 1.37 bits per heavy atom. The zero-order chi connectivity index (χ0) is 13.8. The van der Waals surface area contributed by atoms with E-state index in [2.05, 4.69) is 45.3 Å². The fourth-order valence-electron chi connectivity index (χ4n) is 1.59. The summed E-state index contributed by atoms with van der Waals surface area (Å²) >= 11 is 3.29. The topological polar surface area (TPSA) is 51.0 Å². The van der Waals surface area contributed by atoms with E-state index in [9.17, 15) is 4.39 Å². The summed E-state index contributed by atoms with van der Waals surface area (Å²) in [7, 11) is 0. The predicted molar refractivity (Wildman–Crippen MR) is 74.2 cm³/mol. The molecule has 0 saturated heterocycles. The SMILES string of the molecule is CC(C)NCCc1nnc(-c2cc(Br)ccc2F)o1. The molecule has 2 aromatic rings. The van der Waals surface area contributed by atoms with Crippen LogP contribution >= 0.6 is 15.9 Å². The Labute approximate surface area is 119 Å². The number of benzene rings is 1. The third-order valence-corrected chi connectivity index (χ3v) is 3.01. The second-order valence-electron chi connectivity index (χ2n) is 4.48. The van der Waals surface area contributed by atoms with Crippen molar-refractivity contribution in [3.63, 3.8) is 0 Å². The summed E-state index contributed by atoms with van der Waals surface area (Å²) in [5.41, 5.74) is 0.310. The van der Waals surface area contributed by atoms with Gasteiger partial charge in [0.25, 0.3) is 5.89 Å². The largest absolute Gasteiger partial charge is 0.421 e. The van der Waals surface area contributed by atoms with Crippen LogP contribution < -0.4 is 5.32 Å². The summed E-state index contributed by atoms with van der Waals surface area (Å²) in [6.45, 7) is 4.88. The minimum absolute atomic E-state index is 0.207. The molecule has 0 unspecified atom stereocenters. The molecule has 0 aliphatic carbocycles. The monoisotopic (exact) mass is 327 g/mol. The van der Waals surface area contributed by atoms with E-state index in [1.165, 1.54) is 6.07 Å². The summed E-state index contributed by atoms with van der Waals surface area (Å²) < 4.78 is 19.9. The van der Waals surface area contributed by atoms with E-state index in [0.29, 0.717) is 23.9 Å². The summed E-state index contributed by atoms with van der Waals surface area (Å²) in [4.78, 5) is 0. The highest BCUT2D eigenvalue weighted by molar-refractivity contribution is 9.10. The third-order valence-electron chi connectivity index (χ3n) is 2.52.